The molecule has 2 aromatic rings. The standard InChI is InChI=1S/C24H32N4O3/c1-15-22(31-16(2)29)21(23(25)30)27-20(26-15)14-17-10-12-28(13-11-17)19-8-6-18(7-9-19)24(3,4)5/h6-9,17H,10-14H2,1-5H3,(H2,25,30). The highest BCUT2D eigenvalue weighted by Gasteiger charge is 2.24. The summed E-state index contributed by atoms with van der Waals surface area (Å²) in [6, 6.07) is 8.85. The molecule has 1 aromatic carbocycles. The van der Waals surface area contributed by atoms with Gasteiger partial charge in [-0.3, -0.25) is 9.59 Å². The fraction of sp³-hybridized carbons (Fsp3) is 0.500. The van der Waals surface area contributed by atoms with Gasteiger partial charge in [0.25, 0.3) is 5.91 Å². The van der Waals surface area contributed by atoms with Gasteiger partial charge in [0.2, 0.25) is 0 Å². The Balaban J connectivity index is 1.65. The number of aromatic nitrogens is 2. The van der Waals surface area contributed by atoms with Gasteiger partial charge in [0, 0.05) is 32.1 Å². The molecule has 31 heavy (non-hydrogen) atoms. The summed E-state index contributed by atoms with van der Waals surface area (Å²) < 4.78 is 5.10. The van der Waals surface area contributed by atoms with E-state index in [0.29, 0.717) is 23.9 Å². The van der Waals surface area contributed by atoms with Gasteiger partial charge in [-0.25, -0.2) is 9.97 Å². The molecule has 7 heteroatoms. The second kappa shape index (κ2) is 9.04. The average Bonchev–Trinajstić information content (AvgIpc) is 2.69. The number of aryl methyl sites for hydroxylation is 1. The van der Waals surface area contributed by atoms with Crippen LogP contribution in [0.3, 0.4) is 0 Å². The summed E-state index contributed by atoms with van der Waals surface area (Å²) in [6.07, 6.45) is 2.69. The third kappa shape index (κ3) is 5.60. The van der Waals surface area contributed by atoms with Gasteiger partial charge < -0.3 is 15.4 Å². The van der Waals surface area contributed by atoms with E-state index in [1.165, 1.54) is 18.2 Å². The lowest BCUT2D eigenvalue weighted by atomic mass is 9.87. The minimum Gasteiger partial charge on any atom is -0.422 e. The second-order valence-corrected chi connectivity index (χ2v) is 9.29. The topological polar surface area (TPSA) is 98.4 Å². The number of nitrogens with two attached hydrogens (primary N) is 1. The molecule has 3 rings (SSSR count). The monoisotopic (exact) mass is 424 g/mol. The number of benzene rings is 1. The second-order valence-electron chi connectivity index (χ2n) is 9.29. The molecule has 0 aliphatic carbocycles. The van der Waals surface area contributed by atoms with E-state index >= 15 is 0 Å². The number of carbonyl (C=O) groups is 2. The van der Waals surface area contributed by atoms with Crippen LogP contribution in [0.15, 0.2) is 24.3 Å². The zero-order valence-corrected chi connectivity index (χ0v) is 19.1. The van der Waals surface area contributed by atoms with Gasteiger partial charge in [0.15, 0.2) is 11.4 Å². The van der Waals surface area contributed by atoms with Crippen molar-refractivity contribution in [2.24, 2.45) is 11.7 Å². The van der Waals surface area contributed by atoms with Crippen molar-refractivity contribution in [2.45, 2.75) is 59.3 Å². The predicted octanol–water partition coefficient (Wildman–Crippen LogP) is 3.57. The minimum absolute atomic E-state index is 0.0333. The third-order valence-electron chi connectivity index (χ3n) is 5.74. The largest absolute Gasteiger partial charge is 0.422 e. The number of hydrogen-bond acceptors (Lipinski definition) is 6. The molecule has 2 N–H and O–H groups in total. The number of esters is 1. The van der Waals surface area contributed by atoms with Gasteiger partial charge in [-0.1, -0.05) is 32.9 Å². The average molecular weight is 425 g/mol. The van der Waals surface area contributed by atoms with Crippen LogP contribution in [0.5, 0.6) is 5.75 Å². The van der Waals surface area contributed by atoms with Crippen LogP contribution in [0.2, 0.25) is 0 Å². The Hall–Kier alpha value is -2.96. The first kappa shape index (κ1) is 22.7. The number of amides is 1. The smallest absolute Gasteiger partial charge is 0.308 e. The highest BCUT2D eigenvalue weighted by molar-refractivity contribution is 5.94. The fourth-order valence-corrected chi connectivity index (χ4v) is 3.97. The van der Waals surface area contributed by atoms with E-state index in [4.69, 9.17) is 10.5 Å². The molecular formula is C24H32N4O3. The summed E-state index contributed by atoms with van der Waals surface area (Å²) >= 11 is 0. The van der Waals surface area contributed by atoms with Crippen molar-refractivity contribution in [1.29, 1.82) is 0 Å². The van der Waals surface area contributed by atoms with E-state index in [-0.39, 0.29) is 16.9 Å². The molecule has 1 amide bonds. The molecule has 1 aliphatic rings. The van der Waals surface area contributed by atoms with Gasteiger partial charge in [-0.2, -0.15) is 0 Å². The molecule has 7 nitrogen and oxygen atoms in total. The van der Waals surface area contributed by atoms with E-state index < -0.39 is 11.9 Å². The van der Waals surface area contributed by atoms with Crippen LogP contribution in [0.25, 0.3) is 0 Å². The summed E-state index contributed by atoms with van der Waals surface area (Å²) in [5.41, 5.74) is 8.61. The van der Waals surface area contributed by atoms with E-state index in [1.807, 2.05) is 0 Å². The zero-order chi connectivity index (χ0) is 22.8. The lowest BCUT2D eigenvalue weighted by Gasteiger charge is -2.34. The highest BCUT2D eigenvalue weighted by Crippen LogP contribution is 2.29. The van der Waals surface area contributed by atoms with Crippen LogP contribution in [0, 0.1) is 12.8 Å². The van der Waals surface area contributed by atoms with Crippen LogP contribution >= 0.6 is 0 Å². The maximum Gasteiger partial charge on any atom is 0.308 e. The van der Waals surface area contributed by atoms with E-state index in [9.17, 15) is 9.59 Å². The highest BCUT2D eigenvalue weighted by atomic mass is 16.5. The van der Waals surface area contributed by atoms with Gasteiger partial charge >= 0.3 is 5.97 Å². The van der Waals surface area contributed by atoms with Crippen LogP contribution in [0.4, 0.5) is 5.69 Å². The van der Waals surface area contributed by atoms with Crippen molar-refractivity contribution >= 4 is 17.6 Å². The number of nitrogens with zero attached hydrogens (tertiary/aromatic N) is 3. The minimum atomic E-state index is -0.725. The molecule has 0 bridgehead atoms. The van der Waals surface area contributed by atoms with E-state index in [2.05, 4.69) is 59.9 Å². The van der Waals surface area contributed by atoms with Crippen LogP contribution in [0.1, 0.15) is 68.1 Å². The molecule has 1 aliphatic heterocycles. The third-order valence-corrected chi connectivity index (χ3v) is 5.74. The molecule has 1 saturated heterocycles. The summed E-state index contributed by atoms with van der Waals surface area (Å²) in [4.78, 5) is 34.3. The van der Waals surface area contributed by atoms with E-state index in [0.717, 1.165) is 25.9 Å². The first-order chi connectivity index (χ1) is 14.5. The van der Waals surface area contributed by atoms with Crippen LogP contribution in [-0.2, 0) is 16.6 Å². The Bertz CT molecular complexity index is 956. The summed E-state index contributed by atoms with van der Waals surface area (Å²) in [5, 5.41) is 0. The summed E-state index contributed by atoms with van der Waals surface area (Å²) in [6.45, 7) is 11.6. The van der Waals surface area contributed by atoms with Crippen molar-refractivity contribution in [3.63, 3.8) is 0 Å². The first-order valence-corrected chi connectivity index (χ1v) is 10.8. The fourth-order valence-electron chi connectivity index (χ4n) is 3.97. The number of anilines is 1. The number of piperidine rings is 1. The molecule has 1 aromatic heterocycles. The van der Waals surface area contributed by atoms with Gasteiger partial charge in [0.1, 0.15) is 5.82 Å². The normalized spacial score (nSPS) is 15.1. The Morgan fingerprint density at radius 2 is 1.74 bits per heavy atom. The van der Waals surface area contributed by atoms with Crippen molar-refractivity contribution in [1.82, 2.24) is 9.97 Å². The number of ether oxygens (including phenoxy) is 1. The van der Waals surface area contributed by atoms with Crippen LogP contribution in [-0.4, -0.2) is 34.9 Å². The molecule has 0 atom stereocenters. The lowest BCUT2D eigenvalue weighted by molar-refractivity contribution is -0.132. The number of hydrogen-bond donors (Lipinski definition) is 1. The summed E-state index contributed by atoms with van der Waals surface area (Å²) in [5.74, 6) is -0.223. The molecule has 0 saturated carbocycles. The number of primary amides is 1. The maximum absolute atomic E-state index is 11.8. The number of rotatable bonds is 5. The molecule has 2 heterocycles. The first-order valence-electron chi connectivity index (χ1n) is 10.8. The predicted molar refractivity (Wildman–Crippen MR) is 120 cm³/mol. The number of carbonyl (C=O) groups excluding carboxylic acids is 2. The molecule has 166 valence electrons. The van der Waals surface area contributed by atoms with Crippen LogP contribution < -0.4 is 15.4 Å². The maximum atomic E-state index is 11.8. The van der Waals surface area contributed by atoms with E-state index in [1.54, 1.807) is 6.92 Å². The van der Waals surface area contributed by atoms with Crippen molar-refractivity contribution in [2.75, 3.05) is 18.0 Å². The Labute approximate surface area is 184 Å². The molecule has 0 spiro atoms. The summed E-state index contributed by atoms with van der Waals surface area (Å²) in [7, 11) is 0. The molecule has 0 radical (unpaired) electrons. The Kier molecular flexibility index (Phi) is 6.62. The molecule has 1 fully saturated rings. The van der Waals surface area contributed by atoms with Gasteiger partial charge in [-0.05, 0) is 48.8 Å². The van der Waals surface area contributed by atoms with Gasteiger partial charge in [-0.15, -0.1) is 0 Å². The lowest BCUT2D eigenvalue weighted by Crippen LogP contribution is -2.34. The van der Waals surface area contributed by atoms with Crippen molar-refractivity contribution in [3.05, 3.63) is 47.0 Å². The van der Waals surface area contributed by atoms with Crippen molar-refractivity contribution in [3.8, 4) is 5.75 Å². The SMILES string of the molecule is CC(=O)Oc1c(C)nc(CC2CCN(c3ccc(C(C)(C)C)cc3)CC2)nc1C(N)=O. The molecule has 0 unspecified atom stereocenters. The van der Waals surface area contributed by atoms with Gasteiger partial charge in [0.05, 0.1) is 5.69 Å². The quantitative estimate of drug-likeness (QED) is 0.737. The van der Waals surface area contributed by atoms with Crippen molar-refractivity contribution < 1.29 is 14.3 Å². The molecular weight excluding hydrogens is 392 g/mol. The Morgan fingerprint density at radius 3 is 2.26 bits per heavy atom. The Morgan fingerprint density at radius 1 is 1.13 bits per heavy atom. The zero-order valence-electron chi connectivity index (χ0n) is 19.1.